The fourth-order valence-electron chi connectivity index (χ4n) is 4.47. The molecule has 4 aromatic rings. The second-order valence-electron chi connectivity index (χ2n) is 9.53. The number of piperidine rings is 1. The Hall–Kier alpha value is -4.29. The van der Waals surface area contributed by atoms with Crippen molar-refractivity contribution in [2.75, 3.05) is 20.2 Å². The van der Waals surface area contributed by atoms with Crippen molar-refractivity contribution in [1.29, 1.82) is 0 Å². The highest BCUT2D eigenvalue weighted by atomic mass is 35.5. The second-order valence-corrected chi connectivity index (χ2v) is 9.94. The van der Waals surface area contributed by atoms with Crippen molar-refractivity contribution in [3.05, 3.63) is 113 Å². The van der Waals surface area contributed by atoms with E-state index in [1.807, 2.05) is 89.8 Å². The Morgan fingerprint density at radius 3 is 2.35 bits per heavy atom. The third-order valence-corrected chi connectivity index (χ3v) is 7.00. The Morgan fingerprint density at radius 1 is 0.875 bits per heavy atom. The molecule has 0 saturated carbocycles. The van der Waals surface area contributed by atoms with Gasteiger partial charge >= 0.3 is 0 Å². The average molecular weight is 555 g/mol. The van der Waals surface area contributed by atoms with E-state index in [1.165, 1.54) is 6.42 Å². The quantitative estimate of drug-likeness (QED) is 0.196. The van der Waals surface area contributed by atoms with Gasteiger partial charge in [0.1, 0.15) is 18.1 Å². The fraction of sp³-hybridized carbons (Fsp3) is 0.212. The molecule has 0 unspecified atom stereocenters. The number of hydrogen-bond acceptors (Lipinski definition) is 5. The zero-order chi connectivity index (χ0) is 27.7. The fourth-order valence-corrected chi connectivity index (χ4v) is 4.65. The normalized spacial score (nSPS) is 13.3. The van der Waals surface area contributed by atoms with Gasteiger partial charge in [-0.05, 0) is 97.1 Å². The number of amides is 1. The molecule has 0 spiro atoms. The van der Waals surface area contributed by atoms with Crippen LogP contribution >= 0.6 is 11.6 Å². The SMILES string of the molecule is COc1cc(C=Nc2ccc(Oc3ccccc3Cl)cc2)ccc1OCc1ccc(C(=O)N2CCCCC2)cc1. The summed E-state index contributed by atoms with van der Waals surface area (Å²) in [5, 5.41) is 0.559. The van der Waals surface area contributed by atoms with Crippen LogP contribution in [-0.4, -0.2) is 37.2 Å². The number of ether oxygens (including phenoxy) is 3. The van der Waals surface area contributed by atoms with Crippen molar-refractivity contribution in [3.8, 4) is 23.0 Å². The van der Waals surface area contributed by atoms with Crippen molar-refractivity contribution >= 4 is 29.4 Å². The van der Waals surface area contributed by atoms with Crippen LogP contribution in [0.5, 0.6) is 23.0 Å². The number of rotatable bonds is 9. The van der Waals surface area contributed by atoms with Crippen molar-refractivity contribution < 1.29 is 19.0 Å². The van der Waals surface area contributed by atoms with Gasteiger partial charge in [0.05, 0.1) is 17.8 Å². The van der Waals surface area contributed by atoms with E-state index in [0.717, 1.165) is 48.3 Å². The van der Waals surface area contributed by atoms with Crippen LogP contribution in [0.2, 0.25) is 5.02 Å². The summed E-state index contributed by atoms with van der Waals surface area (Å²) in [6, 6.07) is 28.1. The van der Waals surface area contributed by atoms with Crippen molar-refractivity contribution in [2.24, 2.45) is 4.99 Å². The van der Waals surface area contributed by atoms with E-state index >= 15 is 0 Å². The molecule has 0 N–H and O–H groups in total. The molecule has 0 bridgehead atoms. The Morgan fingerprint density at radius 2 is 1.62 bits per heavy atom. The van der Waals surface area contributed by atoms with E-state index in [0.29, 0.717) is 34.6 Å². The van der Waals surface area contributed by atoms with Crippen LogP contribution < -0.4 is 14.2 Å². The Kier molecular flexibility index (Phi) is 8.99. The van der Waals surface area contributed by atoms with E-state index in [-0.39, 0.29) is 5.91 Å². The van der Waals surface area contributed by atoms with Gasteiger partial charge in [0.2, 0.25) is 0 Å². The standard InChI is InChI=1S/C33H31ClN2O4/c1-38-32-21-25(22-35-27-14-16-28(17-15-27)40-30-8-4-3-7-29(30)34)11-18-31(32)39-23-24-9-12-26(13-10-24)33(37)36-19-5-2-6-20-36/h3-4,7-18,21-22H,2,5-6,19-20,23H2,1H3. The maximum absolute atomic E-state index is 12.7. The summed E-state index contributed by atoms with van der Waals surface area (Å²) in [6.45, 7) is 2.05. The molecule has 4 aromatic carbocycles. The number of halogens is 1. The lowest BCUT2D eigenvalue weighted by molar-refractivity contribution is 0.0724. The van der Waals surface area contributed by atoms with Gasteiger partial charge in [-0.25, -0.2) is 0 Å². The third kappa shape index (κ3) is 7.01. The molecule has 1 amide bonds. The summed E-state index contributed by atoms with van der Waals surface area (Å²) in [5.74, 6) is 2.64. The Bertz CT molecular complexity index is 1460. The van der Waals surface area contributed by atoms with Crippen LogP contribution in [0, 0.1) is 0 Å². The first-order chi connectivity index (χ1) is 19.6. The van der Waals surface area contributed by atoms with Gasteiger partial charge in [0.25, 0.3) is 5.91 Å². The first-order valence-corrected chi connectivity index (χ1v) is 13.7. The Labute approximate surface area is 239 Å². The molecular formula is C33H31ClN2O4. The molecule has 1 aliphatic rings. The number of benzene rings is 4. The molecule has 1 aliphatic heterocycles. The molecule has 0 atom stereocenters. The van der Waals surface area contributed by atoms with E-state index in [9.17, 15) is 4.79 Å². The maximum Gasteiger partial charge on any atom is 0.253 e. The lowest BCUT2D eigenvalue weighted by atomic mass is 10.1. The zero-order valence-corrected chi connectivity index (χ0v) is 23.1. The van der Waals surface area contributed by atoms with Crippen LogP contribution in [0.4, 0.5) is 5.69 Å². The molecule has 6 nitrogen and oxygen atoms in total. The number of likely N-dealkylation sites (tertiary alicyclic amines) is 1. The molecule has 0 aromatic heterocycles. The summed E-state index contributed by atoms with van der Waals surface area (Å²) in [7, 11) is 1.61. The molecule has 7 heteroatoms. The molecule has 5 rings (SSSR count). The van der Waals surface area contributed by atoms with Gasteiger partial charge in [-0.3, -0.25) is 9.79 Å². The predicted molar refractivity (Wildman–Crippen MR) is 159 cm³/mol. The number of nitrogens with zero attached hydrogens (tertiary/aromatic N) is 2. The molecule has 40 heavy (non-hydrogen) atoms. The number of carbonyl (C=O) groups is 1. The molecular weight excluding hydrogens is 524 g/mol. The monoisotopic (exact) mass is 554 g/mol. The molecule has 204 valence electrons. The summed E-state index contributed by atoms with van der Waals surface area (Å²) < 4.78 is 17.4. The summed E-state index contributed by atoms with van der Waals surface area (Å²) in [4.78, 5) is 19.2. The highest BCUT2D eigenvalue weighted by molar-refractivity contribution is 6.32. The van der Waals surface area contributed by atoms with E-state index in [4.69, 9.17) is 25.8 Å². The number of hydrogen-bond donors (Lipinski definition) is 0. The average Bonchev–Trinajstić information content (AvgIpc) is 3.01. The highest BCUT2D eigenvalue weighted by Gasteiger charge is 2.18. The third-order valence-electron chi connectivity index (χ3n) is 6.69. The van der Waals surface area contributed by atoms with Gasteiger partial charge in [-0.2, -0.15) is 0 Å². The Balaban J connectivity index is 1.17. The lowest BCUT2D eigenvalue weighted by Gasteiger charge is -2.26. The summed E-state index contributed by atoms with van der Waals surface area (Å²) >= 11 is 6.17. The topological polar surface area (TPSA) is 60.4 Å². The minimum atomic E-state index is 0.104. The van der Waals surface area contributed by atoms with Gasteiger partial charge < -0.3 is 19.1 Å². The minimum absolute atomic E-state index is 0.104. The largest absolute Gasteiger partial charge is 0.493 e. The minimum Gasteiger partial charge on any atom is -0.493 e. The first-order valence-electron chi connectivity index (χ1n) is 13.3. The smallest absolute Gasteiger partial charge is 0.253 e. The molecule has 1 heterocycles. The summed E-state index contributed by atoms with van der Waals surface area (Å²) in [5.41, 5.74) is 3.36. The van der Waals surface area contributed by atoms with E-state index in [1.54, 1.807) is 19.4 Å². The van der Waals surface area contributed by atoms with Gasteiger partial charge in [-0.15, -0.1) is 0 Å². The second kappa shape index (κ2) is 13.2. The van der Waals surface area contributed by atoms with Crippen LogP contribution in [0.15, 0.2) is 96.0 Å². The van der Waals surface area contributed by atoms with Crippen LogP contribution in [0.1, 0.15) is 40.7 Å². The molecule has 1 saturated heterocycles. The molecule has 1 fully saturated rings. The number of para-hydroxylation sites is 1. The number of aliphatic imine (C=N–C) groups is 1. The number of methoxy groups -OCH3 is 1. The van der Waals surface area contributed by atoms with E-state index in [2.05, 4.69) is 4.99 Å². The van der Waals surface area contributed by atoms with Crippen LogP contribution in [0.3, 0.4) is 0 Å². The van der Waals surface area contributed by atoms with Crippen LogP contribution in [0.25, 0.3) is 0 Å². The molecule has 0 aliphatic carbocycles. The van der Waals surface area contributed by atoms with Gasteiger partial charge in [-0.1, -0.05) is 35.9 Å². The van der Waals surface area contributed by atoms with E-state index < -0.39 is 0 Å². The molecule has 0 radical (unpaired) electrons. The van der Waals surface area contributed by atoms with Crippen LogP contribution in [-0.2, 0) is 6.61 Å². The van der Waals surface area contributed by atoms with Crippen molar-refractivity contribution in [1.82, 2.24) is 4.90 Å². The number of carbonyl (C=O) groups excluding carboxylic acids is 1. The van der Waals surface area contributed by atoms with Crippen molar-refractivity contribution in [3.63, 3.8) is 0 Å². The van der Waals surface area contributed by atoms with Gasteiger partial charge in [0.15, 0.2) is 11.5 Å². The lowest BCUT2D eigenvalue weighted by Crippen LogP contribution is -2.35. The predicted octanol–water partition coefficient (Wildman–Crippen LogP) is 8.10. The van der Waals surface area contributed by atoms with Crippen molar-refractivity contribution in [2.45, 2.75) is 25.9 Å². The summed E-state index contributed by atoms with van der Waals surface area (Å²) in [6.07, 6.45) is 5.14. The highest BCUT2D eigenvalue weighted by Crippen LogP contribution is 2.31. The first kappa shape index (κ1) is 27.3. The maximum atomic E-state index is 12.7. The van der Waals surface area contributed by atoms with Gasteiger partial charge in [0, 0.05) is 24.9 Å². The zero-order valence-electron chi connectivity index (χ0n) is 22.4.